The number of nitrogens with zero attached hydrogens (tertiary/aromatic N) is 5. The number of aromatic nitrogens is 5. The SMILES string of the molecule is CCc1ccc(CC(=O)CSc2nnc(-c3cccnc3)n2CC)cn1. The third-order valence-electron chi connectivity index (χ3n) is 3.96. The van der Waals surface area contributed by atoms with E-state index in [0.717, 1.165) is 40.8 Å². The Morgan fingerprint density at radius 3 is 2.69 bits per heavy atom. The van der Waals surface area contributed by atoms with Crippen LogP contribution in [-0.4, -0.2) is 36.3 Å². The number of Topliss-reactive ketones (excluding diaryl/α,β-unsaturated/α-hetero) is 1. The van der Waals surface area contributed by atoms with Crippen molar-refractivity contribution in [2.75, 3.05) is 5.75 Å². The smallest absolute Gasteiger partial charge is 0.191 e. The number of rotatable bonds is 8. The van der Waals surface area contributed by atoms with Crippen LogP contribution in [0.2, 0.25) is 0 Å². The molecule has 0 saturated carbocycles. The van der Waals surface area contributed by atoms with Crippen molar-refractivity contribution in [3.63, 3.8) is 0 Å². The van der Waals surface area contributed by atoms with Crippen LogP contribution in [0.15, 0.2) is 48.0 Å². The summed E-state index contributed by atoms with van der Waals surface area (Å²) in [5, 5.41) is 9.27. The maximum Gasteiger partial charge on any atom is 0.191 e. The van der Waals surface area contributed by atoms with Crippen molar-refractivity contribution >= 4 is 17.5 Å². The summed E-state index contributed by atoms with van der Waals surface area (Å²) >= 11 is 1.42. The highest BCUT2D eigenvalue weighted by molar-refractivity contribution is 7.99. The molecule has 6 nitrogen and oxygen atoms in total. The molecule has 3 aromatic rings. The summed E-state index contributed by atoms with van der Waals surface area (Å²) in [7, 11) is 0. The van der Waals surface area contributed by atoms with Gasteiger partial charge in [-0.2, -0.15) is 0 Å². The van der Waals surface area contributed by atoms with Gasteiger partial charge >= 0.3 is 0 Å². The Hall–Kier alpha value is -2.54. The van der Waals surface area contributed by atoms with E-state index in [9.17, 15) is 4.79 Å². The van der Waals surface area contributed by atoms with Gasteiger partial charge in [-0.1, -0.05) is 24.8 Å². The van der Waals surface area contributed by atoms with Crippen molar-refractivity contribution in [1.82, 2.24) is 24.7 Å². The second-order valence-electron chi connectivity index (χ2n) is 5.81. The summed E-state index contributed by atoms with van der Waals surface area (Å²) in [6.07, 6.45) is 6.57. The monoisotopic (exact) mass is 367 g/mol. The van der Waals surface area contributed by atoms with Gasteiger partial charge in [-0.05, 0) is 37.1 Å². The van der Waals surface area contributed by atoms with Gasteiger partial charge in [0.05, 0.1) is 5.75 Å². The molecule has 3 heterocycles. The standard InChI is InChI=1S/C19H21N5OS/c1-3-16-8-7-14(11-21-16)10-17(25)13-26-19-23-22-18(24(19)4-2)15-6-5-9-20-12-15/h5-9,11-12H,3-4,10,13H2,1-2H3. The highest BCUT2D eigenvalue weighted by Crippen LogP contribution is 2.23. The number of thioether (sulfide) groups is 1. The first-order valence-corrected chi connectivity index (χ1v) is 9.61. The summed E-state index contributed by atoms with van der Waals surface area (Å²) < 4.78 is 2.01. The number of carbonyl (C=O) groups excluding carboxylic acids is 1. The van der Waals surface area contributed by atoms with Crippen LogP contribution in [0.4, 0.5) is 0 Å². The van der Waals surface area contributed by atoms with Gasteiger partial charge < -0.3 is 4.57 Å². The normalized spacial score (nSPS) is 10.8. The summed E-state index contributed by atoms with van der Waals surface area (Å²) in [5.74, 6) is 1.28. The zero-order valence-corrected chi connectivity index (χ0v) is 15.7. The first-order chi connectivity index (χ1) is 12.7. The first kappa shape index (κ1) is 18.3. The molecule has 0 aliphatic rings. The summed E-state index contributed by atoms with van der Waals surface area (Å²) in [4.78, 5) is 20.8. The fourth-order valence-electron chi connectivity index (χ4n) is 2.58. The molecule has 0 N–H and O–H groups in total. The van der Waals surface area contributed by atoms with E-state index in [1.165, 1.54) is 11.8 Å². The van der Waals surface area contributed by atoms with Crippen molar-refractivity contribution in [2.24, 2.45) is 0 Å². The number of hydrogen-bond donors (Lipinski definition) is 0. The van der Waals surface area contributed by atoms with Gasteiger partial charge in [0, 0.05) is 42.8 Å². The Morgan fingerprint density at radius 2 is 2.04 bits per heavy atom. The van der Waals surface area contributed by atoms with E-state index in [1.807, 2.05) is 35.8 Å². The fraction of sp³-hybridized carbons (Fsp3) is 0.316. The van der Waals surface area contributed by atoms with Gasteiger partial charge in [0.1, 0.15) is 5.78 Å². The topological polar surface area (TPSA) is 73.6 Å². The molecule has 0 aliphatic heterocycles. The Balaban J connectivity index is 1.64. The molecule has 0 spiro atoms. The maximum absolute atomic E-state index is 12.3. The predicted molar refractivity (Wildman–Crippen MR) is 102 cm³/mol. The highest BCUT2D eigenvalue weighted by Gasteiger charge is 2.15. The minimum absolute atomic E-state index is 0.148. The third-order valence-corrected chi connectivity index (χ3v) is 4.99. The average molecular weight is 367 g/mol. The molecule has 0 unspecified atom stereocenters. The molecular formula is C19H21N5OS. The van der Waals surface area contributed by atoms with Crippen molar-refractivity contribution < 1.29 is 4.79 Å². The van der Waals surface area contributed by atoms with Crippen LogP contribution in [0.25, 0.3) is 11.4 Å². The summed E-state index contributed by atoms with van der Waals surface area (Å²) in [6, 6.07) is 7.78. The molecule has 0 amide bonds. The molecule has 0 radical (unpaired) electrons. The Bertz CT molecular complexity index is 861. The van der Waals surface area contributed by atoms with Crippen molar-refractivity contribution in [3.8, 4) is 11.4 Å². The Kier molecular flexibility index (Phi) is 6.12. The molecule has 0 saturated heterocycles. The van der Waals surface area contributed by atoms with Crippen LogP contribution < -0.4 is 0 Å². The highest BCUT2D eigenvalue weighted by atomic mass is 32.2. The van der Waals surface area contributed by atoms with E-state index < -0.39 is 0 Å². The molecular weight excluding hydrogens is 346 g/mol. The largest absolute Gasteiger partial charge is 0.302 e. The lowest BCUT2D eigenvalue weighted by atomic mass is 10.1. The quantitative estimate of drug-likeness (QED) is 0.569. The van der Waals surface area contributed by atoms with Gasteiger partial charge in [0.25, 0.3) is 0 Å². The predicted octanol–water partition coefficient (Wildman–Crippen LogP) is 3.22. The van der Waals surface area contributed by atoms with E-state index in [2.05, 4.69) is 27.1 Å². The van der Waals surface area contributed by atoms with Crippen LogP contribution in [0.5, 0.6) is 0 Å². The molecule has 26 heavy (non-hydrogen) atoms. The van der Waals surface area contributed by atoms with E-state index in [4.69, 9.17) is 0 Å². The van der Waals surface area contributed by atoms with Gasteiger partial charge in [0.15, 0.2) is 11.0 Å². The molecule has 0 fully saturated rings. The molecule has 134 valence electrons. The number of hydrogen-bond acceptors (Lipinski definition) is 6. The molecule has 0 atom stereocenters. The van der Waals surface area contributed by atoms with E-state index >= 15 is 0 Å². The van der Waals surface area contributed by atoms with Crippen LogP contribution in [0.3, 0.4) is 0 Å². The van der Waals surface area contributed by atoms with Gasteiger partial charge in [-0.3, -0.25) is 14.8 Å². The van der Waals surface area contributed by atoms with Crippen LogP contribution >= 0.6 is 11.8 Å². The average Bonchev–Trinajstić information content (AvgIpc) is 3.10. The molecule has 0 aromatic carbocycles. The lowest BCUT2D eigenvalue weighted by molar-refractivity contribution is -0.116. The summed E-state index contributed by atoms with van der Waals surface area (Å²) in [6.45, 7) is 4.83. The van der Waals surface area contributed by atoms with Gasteiger partial charge in [-0.25, -0.2) is 0 Å². The van der Waals surface area contributed by atoms with Crippen LogP contribution in [0.1, 0.15) is 25.1 Å². The molecule has 3 rings (SSSR count). The van der Waals surface area contributed by atoms with Gasteiger partial charge in [-0.15, -0.1) is 10.2 Å². The molecule has 3 aromatic heterocycles. The first-order valence-electron chi connectivity index (χ1n) is 8.63. The maximum atomic E-state index is 12.3. The number of carbonyl (C=O) groups is 1. The molecule has 7 heteroatoms. The minimum Gasteiger partial charge on any atom is -0.302 e. The lowest BCUT2D eigenvalue weighted by Crippen LogP contribution is -2.08. The molecule has 0 bridgehead atoms. The zero-order chi connectivity index (χ0) is 18.4. The van der Waals surface area contributed by atoms with Crippen molar-refractivity contribution in [3.05, 3.63) is 54.1 Å². The van der Waals surface area contributed by atoms with Gasteiger partial charge in [0.2, 0.25) is 0 Å². The third kappa shape index (κ3) is 4.35. The zero-order valence-electron chi connectivity index (χ0n) is 14.9. The Morgan fingerprint density at radius 1 is 1.15 bits per heavy atom. The lowest BCUT2D eigenvalue weighted by Gasteiger charge is -2.07. The second-order valence-corrected chi connectivity index (χ2v) is 6.75. The minimum atomic E-state index is 0.148. The van der Waals surface area contributed by atoms with Crippen LogP contribution in [0, 0.1) is 0 Å². The fourth-order valence-corrected chi connectivity index (χ4v) is 3.44. The summed E-state index contributed by atoms with van der Waals surface area (Å²) in [5.41, 5.74) is 2.90. The van der Waals surface area contributed by atoms with E-state index in [0.29, 0.717) is 12.2 Å². The number of aryl methyl sites for hydroxylation is 1. The van der Waals surface area contributed by atoms with Crippen molar-refractivity contribution in [2.45, 2.75) is 38.4 Å². The molecule has 0 aliphatic carbocycles. The second kappa shape index (κ2) is 8.71. The van der Waals surface area contributed by atoms with Crippen LogP contribution in [-0.2, 0) is 24.2 Å². The van der Waals surface area contributed by atoms with Crippen molar-refractivity contribution in [1.29, 1.82) is 0 Å². The number of pyridine rings is 2. The van der Waals surface area contributed by atoms with E-state index in [-0.39, 0.29) is 5.78 Å². The van der Waals surface area contributed by atoms with E-state index in [1.54, 1.807) is 18.6 Å². The Labute approximate surface area is 157 Å². The number of ketones is 1.